The van der Waals surface area contributed by atoms with Gasteiger partial charge in [0, 0.05) is 42.4 Å². The van der Waals surface area contributed by atoms with Crippen molar-refractivity contribution in [3.05, 3.63) is 107 Å². The Morgan fingerprint density at radius 3 is 2.49 bits per heavy atom. The number of anilines is 1. The fourth-order valence-corrected chi connectivity index (χ4v) is 7.68. The van der Waals surface area contributed by atoms with Crippen molar-refractivity contribution in [1.82, 2.24) is 19.9 Å². The molecule has 1 N–H and O–H groups in total. The van der Waals surface area contributed by atoms with E-state index in [0.717, 1.165) is 0 Å². The number of fused-ring (bicyclic) bond motifs is 1. The van der Waals surface area contributed by atoms with E-state index in [1.54, 1.807) is 93.8 Å². The lowest BCUT2D eigenvalue weighted by Crippen LogP contribution is -2.51. The summed E-state index contributed by atoms with van der Waals surface area (Å²) >= 11 is 0. The summed E-state index contributed by atoms with van der Waals surface area (Å²) in [6, 6.07) is 19.1. The van der Waals surface area contributed by atoms with Crippen LogP contribution < -0.4 is 10.1 Å². The van der Waals surface area contributed by atoms with Crippen molar-refractivity contribution in [3.63, 3.8) is 0 Å². The highest BCUT2D eigenvalue weighted by Gasteiger charge is 2.33. The number of rotatable bonds is 9. The number of ether oxygens (including phenoxy) is 2. The number of pyridine rings is 1. The molecule has 1 amide bonds. The average molecular weight is 741 g/mol. The molecule has 53 heavy (non-hydrogen) atoms. The van der Waals surface area contributed by atoms with E-state index in [1.165, 1.54) is 11.0 Å². The summed E-state index contributed by atoms with van der Waals surface area (Å²) in [7, 11) is -3.82. The summed E-state index contributed by atoms with van der Waals surface area (Å²) < 4.78 is 68.6. The van der Waals surface area contributed by atoms with Gasteiger partial charge in [-0.3, -0.25) is 0 Å². The predicted molar refractivity (Wildman–Crippen MR) is 196 cm³/mol. The van der Waals surface area contributed by atoms with Gasteiger partial charge in [0.05, 0.1) is 40.9 Å². The zero-order valence-corrected chi connectivity index (χ0v) is 30.5. The number of carbonyl (C=O) groups is 1. The number of hydrogen-bond acceptors (Lipinski definition) is 10. The van der Waals surface area contributed by atoms with Crippen LogP contribution in [0.1, 0.15) is 49.4 Å². The number of nitriles is 1. The fraction of sp³-hybridized carbons (Fsp3) is 0.308. The van der Waals surface area contributed by atoms with Gasteiger partial charge >= 0.3 is 6.09 Å². The van der Waals surface area contributed by atoms with E-state index in [9.17, 15) is 17.6 Å². The molecule has 1 fully saturated rings. The summed E-state index contributed by atoms with van der Waals surface area (Å²) in [4.78, 5) is 27.5. The fourth-order valence-electron chi connectivity index (χ4n) is 6.15. The van der Waals surface area contributed by atoms with Crippen LogP contribution in [0.3, 0.4) is 0 Å². The molecule has 11 nitrogen and oxygen atoms in total. The zero-order chi connectivity index (χ0) is 37.9. The van der Waals surface area contributed by atoms with Gasteiger partial charge in [-0.1, -0.05) is 24.3 Å². The Morgan fingerprint density at radius 1 is 1.00 bits per heavy atom. The zero-order valence-electron chi connectivity index (χ0n) is 29.6. The lowest BCUT2D eigenvalue weighted by molar-refractivity contribution is 0.0124. The Morgan fingerprint density at radius 2 is 1.75 bits per heavy atom. The van der Waals surface area contributed by atoms with Crippen molar-refractivity contribution in [2.45, 2.75) is 63.4 Å². The summed E-state index contributed by atoms with van der Waals surface area (Å²) in [5.74, 6) is -0.785. The van der Waals surface area contributed by atoms with Gasteiger partial charge in [-0.2, -0.15) is 5.26 Å². The third-order valence-corrected chi connectivity index (χ3v) is 10.0. The molecule has 0 unspecified atom stereocenters. The molecule has 1 aliphatic heterocycles. The molecular formula is C39H38F2N6O5S. The van der Waals surface area contributed by atoms with E-state index < -0.39 is 45.3 Å². The Hall–Kier alpha value is -5.68. The molecule has 5 aromatic rings. The van der Waals surface area contributed by atoms with Gasteiger partial charge in [-0.05, 0) is 86.7 Å². The molecule has 2 aromatic heterocycles. The number of aryl methyl sites for hydroxylation is 1. The minimum atomic E-state index is -3.82. The number of nitrogens with one attached hydrogen (secondary N) is 1. The highest BCUT2D eigenvalue weighted by Crippen LogP contribution is 2.38. The van der Waals surface area contributed by atoms with Crippen LogP contribution in [0.4, 0.5) is 19.5 Å². The molecule has 0 aliphatic carbocycles. The summed E-state index contributed by atoms with van der Waals surface area (Å²) in [5.41, 5.74) is 1.84. The van der Waals surface area contributed by atoms with Crippen LogP contribution in [0.2, 0.25) is 0 Å². The van der Waals surface area contributed by atoms with E-state index >= 15 is 4.39 Å². The van der Waals surface area contributed by atoms with E-state index in [4.69, 9.17) is 14.7 Å². The van der Waals surface area contributed by atoms with Crippen LogP contribution in [-0.2, 0) is 26.1 Å². The topological polar surface area (TPSA) is 147 Å². The molecule has 3 heterocycles. The summed E-state index contributed by atoms with van der Waals surface area (Å²) in [6.07, 6.45) is 1.38. The van der Waals surface area contributed by atoms with Crippen molar-refractivity contribution in [2.75, 3.05) is 18.4 Å². The molecule has 1 aliphatic rings. The van der Waals surface area contributed by atoms with Crippen LogP contribution in [0, 0.1) is 24.1 Å². The monoisotopic (exact) mass is 740 g/mol. The van der Waals surface area contributed by atoms with E-state index in [0.29, 0.717) is 44.5 Å². The number of carbonyl (C=O) groups excluding carboxylic acids is 1. The lowest BCUT2D eigenvalue weighted by atomic mass is 10.0. The SMILES string of the molecule is Cc1ccc2c(CS(=O)(=O)Cc3ccc(C#N)cc3)c(F)ccc2c1Oc1ncccc1-c1ccnc(N[C@@H]2C[C@@H](F)CN(C(=O)OC(C)(C)C)C2)n1. The number of aromatic nitrogens is 3. The van der Waals surface area contributed by atoms with Crippen LogP contribution >= 0.6 is 0 Å². The molecule has 0 bridgehead atoms. The predicted octanol–water partition coefficient (Wildman–Crippen LogP) is 7.68. The number of hydrogen-bond donors (Lipinski definition) is 1. The third kappa shape index (κ3) is 9.04. The van der Waals surface area contributed by atoms with E-state index in [2.05, 4.69) is 20.3 Å². The average Bonchev–Trinajstić information content (AvgIpc) is 3.10. The number of alkyl halides is 1. The first-order valence-corrected chi connectivity index (χ1v) is 18.7. The van der Waals surface area contributed by atoms with Gasteiger partial charge in [0.2, 0.25) is 11.8 Å². The first-order chi connectivity index (χ1) is 25.2. The molecule has 0 spiro atoms. The normalized spacial score (nSPS) is 16.2. The number of likely N-dealkylation sites (tertiary alicyclic amines) is 1. The summed E-state index contributed by atoms with van der Waals surface area (Å²) in [5, 5.41) is 13.1. The smallest absolute Gasteiger partial charge is 0.410 e. The maximum Gasteiger partial charge on any atom is 0.410 e. The largest absolute Gasteiger partial charge is 0.444 e. The minimum absolute atomic E-state index is 0.0113. The van der Waals surface area contributed by atoms with Crippen molar-refractivity contribution < 1.29 is 31.5 Å². The van der Waals surface area contributed by atoms with Crippen molar-refractivity contribution >= 4 is 32.7 Å². The first-order valence-electron chi connectivity index (χ1n) is 16.9. The maximum atomic E-state index is 15.4. The van der Waals surface area contributed by atoms with Crippen molar-refractivity contribution in [1.29, 1.82) is 5.26 Å². The molecule has 6 rings (SSSR count). The molecule has 2 atom stereocenters. The van der Waals surface area contributed by atoms with Gasteiger partial charge in [-0.15, -0.1) is 0 Å². The lowest BCUT2D eigenvalue weighted by Gasteiger charge is -2.36. The van der Waals surface area contributed by atoms with Gasteiger partial charge in [0.15, 0.2) is 9.84 Å². The molecule has 0 radical (unpaired) electrons. The molecule has 0 saturated carbocycles. The van der Waals surface area contributed by atoms with Crippen LogP contribution in [0.5, 0.6) is 11.6 Å². The third-order valence-electron chi connectivity index (χ3n) is 8.52. The Bertz CT molecular complexity index is 2310. The number of nitrogens with zero attached hydrogens (tertiary/aromatic N) is 5. The maximum absolute atomic E-state index is 15.4. The van der Waals surface area contributed by atoms with Gasteiger partial charge in [-0.25, -0.2) is 36.9 Å². The molecule has 1 saturated heterocycles. The van der Waals surface area contributed by atoms with Crippen molar-refractivity contribution in [2.24, 2.45) is 0 Å². The number of sulfone groups is 1. The second kappa shape index (κ2) is 15.1. The minimum Gasteiger partial charge on any atom is -0.444 e. The first kappa shape index (κ1) is 37.1. The quantitative estimate of drug-likeness (QED) is 0.160. The number of amides is 1. The van der Waals surface area contributed by atoms with Crippen molar-refractivity contribution in [3.8, 4) is 29.0 Å². The molecule has 3 aromatic carbocycles. The second-order valence-electron chi connectivity index (χ2n) is 14.0. The van der Waals surface area contributed by atoms with Gasteiger partial charge in [0.1, 0.15) is 23.3 Å². The van der Waals surface area contributed by atoms with Crippen LogP contribution in [-0.4, -0.2) is 65.3 Å². The number of halogens is 2. The summed E-state index contributed by atoms with van der Waals surface area (Å²) in [6.45, 7) is 7.20. The highest BCUT2D eigenvalue weighted by molar-refractivity contribution is 7.89. The van der Waals surface area contributed by atoms with E-state index in [-0.39, 0.29) is 42.7 Å². The van der Waals surface area contributed by atoms with E-state index in [1.807, 2.05) is 13.0 Å². The molecule has 14 heteroatoms. The van der Waals surface area contributed by atoms with Gasteiger partial charge in [0.25, 0.3) is 0 Å². The standard InChI is InChI=1S/C39H38F2N6O5S/c1-24-7-12-29-30(13-14-33(41)32(29)23-53(49,50)22-26-10-8-25(19-42)9-11-26)35(24)51-36-31(6-5-16-43-36)34-15-17-44-37(46-34)45-28-18-27(40)20-47(21-28)38(48)52-39(2,3)4/h5-17,27-28H,18,20-23H2,1-4H3,(H,44,45,46)/t27-,28-/m1/s1. The van der Waals surface area contributed by atoms with Crippen LogP contribution in [0.15, 0.2) is 79.1 Å². The molecular weight excluding hydrogens is 703 g/mol. The molecule has 274 valence electrons. The Balaban J connectivity index is 1.26. The highest BCUT2D eigenvalue weighted by atomic mass is 32.2. The number of piperidine rings is 1. The van der Waals surface area contributed by atoms with Crippen LogP contribution in [0.25, 0.3) is 22.0 Å². The second-order valence-corrected chi connectivity index (χ2v) is 16.0. The Labute approximate surface area is 306 Å². The van der Waals surface area contributed by atoms with Gasteiger partial charge < -0.3 is 19.7 Å². The Kier molecular flexibility index (Phi) is 10.6. The number of benzene rings is 3.